The first-order chi connectivity index (χ1) is 18.7. The van der Waals surface area contributed by atoms with Crippen molar-refractivity contribution in [3.8, 4) is 0 Å². The number of H-pyrrole nitrogens is 1. The van der Waals surface area contributed by atoms with Gasteiger partial charge in [-0.2, -0.15) is 0 Å². The van der Waals surface area contributed by atoms with Crippen LogP contribution in [-0.4, -0.2) is 89.0 Å². The Balaban J connectivity index is 1.32. The SMILES string of the molecule is COCC(=O)N1CC[C@H](NC(=O)c2cc3cc(F)ccc3[nH]2)[C@H](NC(=O)c2nc3c(s2)CN(C(C)C)CC3)C1. The Hall–Kier alpha value is -3.35. The third kappa shape index (κ3) is 5.97. The van der Waals surface area contributed by atoms with E-state index in [4.69, 9.17) is 4.74 Å². The number of halogens is 1. The molecule has 208 valence electrons. The standard InChI is InChI=1S/C27H33FN6O4S/c1-15(2)33-8-7-20-23(13-33)39-27(32-20)26(37)31-22-12-34(24(35)14-38-3)9-6-19(22)30-25(36)21-11-16-10-17(28)4-5-18(16)29-21/h4-5,10-11,15,19,22,29H,6-9,12-14H2,1-3H3,(H,30,36)(H,31,37)/t19-,22+/m0/s1. The summed E-state index contributed by atoms with van der Waals surface area (Å²) in [5.74, 6) is -1.26. The summed E-state index contributed by atoms with van der Waals surface area (Å²) in [5.41, 5.74) is 1.90. The molecule has 3 aromatic rings. The molecule has 2 atom stereocenters. The number of piperidine rings is 1. The minimum atomic E-state index is -0.536. The van der Waals surface area contributed by atoms with Gasteiger partial charge < -0.3 is 25.3 Å². The van der Waals surface area contributed by atoms with Crippen molar-refractivity contribution >= 4 is 40.0 Å². The number of likely N-dealkylation sites (tertiary alicyclic amines) is 1. The summed E-state index contributed by atoms with van der Waals surface area (Å²) >= 11 is 1.40. The molecule has 10 nitrogen and oxygen atoms in total. The number of hydrogen-bond donors (Lipinski definition) is 3. The predicted octanol–water partition coefficient (Wildman–Crippen LogP) is 2.31. The molecule has 0 aliphatic carbocycles. The van der Waals surface area contributed by atoms with E-state index in [1.54, 1.807) is 17.0 Å². The number of carbonyl (C=O) groups excluding carboxylic acids is 3. The van der Waals surface area contributed by atoms with E-state index in [9.17, 15) is 18.8 Å². The number of nitrogens with one attached hydrogen (secondary N) is 3. The molecule has 3 amide bonds. The number of amides is 3. The third-order valence-corrected chi connectivity index (χ3v) is 8.46. The molecule has 0 bridgehead atoms. The predicted molar refractivity (Wildman–Crippen MR) is 145 cm³/mol. The summed E-state index contributed by atoms with van der Waals surface area (Å²) in [6.45, 7) is 6.56. The summed E-state index contributed by atoms with van der Waals surface area (Å²) in [6.07, 6.45) is 1.24. The van der Waals surface area contributed by atoms with Crippen molar-refractivity contribution in [2.75, 3.05) is 33.4 Å². The zero-order valence-corrected chi connectivity index (χ0v) is 23.1. The van der Waals surface area contributed by atoms with Crippen LogP contribution < -0.4 is 10.6 Å². The average Bonchev–Trinajstić information content (AvgIpc) is 3.53. The number of ether oxygens (including phenoxy) is 1. The van der Waals surface area contributed by atoms with Crippen LogP contribution in [0.4, 0.5) is 4.39 Å². The number of carbonyl (C=O) groups is 3. The Morgan fingerprint density at radius 3 is 2.74 bits per heavy atom. The van der Waals surface area contributed by atoms with Crippen molar-refractivity contribution in [2.24, 2.45) is 0 Å². The summed E-state index contributed by atoms with van der Waals surface area (Å²) in [7, 11) is 1.46. The lowest BCUT2D eigenvalue weighted by Crippen LogP contribution is -2.61. The highest BCUT2D eigenvalue weighted by Crippen LogP contribution is 2.27. The second-order valence-electron chi connectivity index (χ2n) is 10.3. The van der Waals surface area contributed by atoms with Gasteiger partial charge >= 0.3 is 0 Å². The van der Waals surface area contributed by atoms with Crippen LogP contribution in [0.3, 0.4) is 0 Å². The molecule has 0 saturated carbocycles. The molecular formula is C27H33FN6O4S. The molecule has 2 aliphatic heterocycles. The molecule has 1 saturated heterocycles. The van der Waals surface area contributed by atoms with Crippen LogP contribution in [0.1, 0.15) is 51.1 Å². The van der Waals surface area contributed by atoms with E-state index >= 15 is 0 Å². The van der Waals surface area contributed by atoms with Gasteiger partial charge in [0.2, 0.25) is 5.91 Å². The number of benzene rings is 1. The van der Waals surface area contributed by atoms with Gasteiger partial charge in [0.1, 0.15) is 18.1 Å². The van der Waals surface area contributed by atoms with Gasteiger partial charge in [0.15, 0.2) is 5.01 Å². The van der Waals surface area contributed by atoms with Gasteiger partial charge in [0.05, 0.1) is 17.8 Å². The van der Waals surface area contributed by atoms with Crippen LogP contribution in [0.2, 0.25) is 0 Å². The summed E-state index contributed by atoms with van der Waals surface area (Å²) < 4.78 is 18.6. The number of fused-ring (bicyclic) bond motifs is 2. The van der Waals surface area contributed by atoms with E-state index in [2.05, 4.69) is 39.3 Å². The highest BCUT2D eigenvalue weighted by Gasteiger charge is 2.35. The number of nitrogens with zero attached hydrogens (tertiary/aromatic N) is 3. The second-order valence-corrected chi connectivity index (χ2v) is 11.4. The van der Waals surface area contributed by atoms with Gasteiger partial charge in [-0.05, 0) is 44.5 Å². The van der Waals surface area contributed by atoms with Crippen LogP contribution in [-0.2, 0) is 22.5 Å². The van der Waals surface area contributed by atoms with E-state index in [1.165, 1.54) is 30.6 Å². The van der Waals surface area contributed by atoms with Gasteiger partial charge in [-0.25, -0.2) is 9.37 Å². The van der Waals surface area contributed by atoms with Gasteiger partial charge in [-0.1, -0.05) is 0 Å². The Morgan fingerprint density at radius 2 is 1.97 bits per heavy atom. The molecular weight excluding hydrogens is 523 g/mol. The molecule has 0 radical (unpaired) electrons. The Labute approximate surface area is 229 Å². The molecule has 2 aliphatic rings. The topological polar surface area (TPSA) is 120 Å². The highest BCUT2D eigenvalue weighted by atomic mass is 32.1. The molecule has 1 aromatic carbocycles. The number of aromatic amines is 1. The van der Waals surface area contributed by atoms with Crippen LogP contribution in [0.25, 0.3) is 10.9 Å². The Bertz CT molecular complexity index is 1390. The molecule has 4 heterocycles. The van der Waals surface area contributed by atoms with Gasteiger partial charge in [-0.3, -0.25) is 19.3 Å². The second kappa shape index (κ2) is 11.4. The van der Waals surface area contributed by atoms with E-state index < -0.39 is 12.1 Å². The Kier molecular flexibility index (Phi) is 7.96. The van der Waals surface area contributed by atoms with Crippen molar-refractivity contribution in [1.29, 1.82) is 0 Å². The van der Waals surface area contributed by atoms with Crippen molar-refractivity contribution in [1.82, 2.24) is 30.4 Å². The van der Waals surface area contributed by atoms with E-state index in [-0.39, 0.29) is 36.7 Å². The molecule has 2 aromatic heterocycles. The van der Waals surface area contributed by atoms with Crippen LogP contribution in [0.5, 0.6) is 0 Å². The molecule has 5 rings (SSSR count). The number of methoxy groups -OCH3 is 1. The van der Waals surface area contributed by atoms with E-state index in [1.807, 2.05) is 0 Å². The largest absolute Gasteiger partial charge is 0.375 e. The average molecular weight is 557 g/mol. The van der Waals surface area contributed by atoms with Gasteiger partial charge in [0, 0.05) is 61.5 Å². The normalized spacial score (nSPS) is 19.8. The monoisotopic (exact) mass is 556 g/mol. The van der Waals surface area contributed by atoms with Crippen molar-refractivity contribution in [2.45, 2.75) is 51.4 Å². The van der Waals surface area contributed by atoms with Crippen molar-refractivity contribution in [3.63, 3.8) is 0 Å². The molecule has 0 spiro atoms. The minimum absolute atomic E-state index is 0.0606. The van der Waals surface area contributed by atoms with Crippen molar-refractivity contribution in [3.05, 3.63) is 51.4 Å². The first-order valence-electron chi connectivity index (χ1n) is 13.1. The molecule has 39 heavy (non-hydrogen) atoms. The third-order valence-electron chi connectivity index (χ3n) is 7.38. The minimum Gasteiger partial charge on any atom is -0.375 e. The lowest BCUT2D eigenvalue weighted by molar-refractivity contribution is -0.136. The van der Waals surface area contributed by atoms with E-state index in [0.717, 1.165) is 30.1 Å². The molecule has 12 heteroatoms. The lowest BCUT2D eigenvalue weighted by Gasteiger charge is -2.39. The fraction of sp³-hybridized carbons (Fsp3) is 0.481. The van der Waals surface area contributed by atoms with Crippen molar-refractivity contribution < 1.29 is 23.5 Å². The van der Waals surface area contributed by atoms with Gasteiger partial charge in [0.25, 0.3) is 11.8 Å². The molecule has 1 fully saturated rings. The maximum Gasteiger partial charge on any atom is 0.280 e. The first kappa shape index (κ1) is 27.2. The lowest BCUT2D eigenvalue weighted by atomic mass is 9.98. The number of thiazole rings is 1. The summed E-state index contributed by atoms with van der Waals surface area (Å²) in [4.78, 5) is 51.7. The number of rotatable bonds is 7. The number of hydrogen-bond acceptors (Lipinski definition) is 7. The highest BCUT2D eigenvalue weighted by molar-refractivity contribution is 7.13. The first-order valence-corrected chi connectivity index (χ1v) is 13.9. The van der Waals surface area contributed by atoms with E-state index in [0.29, 0.717) is 40.6 Å². The van der Waals surface area contributed by atoms with Crippen LogP contribution >= 0.6 is 11.3 Å². The Morgan fingerprint density at radius 1 is 1.18 bits per heavy atom. The maximum absolute atomic E-state index is 13.6. The maximum atomic E-state index is 13.6. The fourth-order valence-electron chi connectivity index (χ4n) is 5.17. The smallest absolute Gasteiger partial charge is 0.280 e. The molecule has 0 unspecified atom stereocenters. The zero-order chi connectivity index (χ0) is 27.7. The van der Waals surface area contributed by atoms with Gasteiger partial charge in [-0.15, -0.1) is 11.3 Å². The van der Waals surface area contributed by atoms with Crippen LogP contribution in [0.15, 0.2) is 24.3 Å². The quantitative estimate of drug-likeness (QED) is 0.411. The molecule has 3 N–H and O–H groups in total. The summed E-state index contributed by atoms with van der Waals surface area (Å²) in [6, 6.07) is 5.32. The van der Waals surface area contributed by atoms with Crippen LogP contribution in [0, 0.1) is 5.82 Å². The number of aromatic nitrogens is 2. The summed E-state index contributed by atoms with van der Waals surface area (Å²) in [5, 5.41) is 7.01. The fourth-order valence-corrected chi connectivity index (χ4v) is 6.20. The zero-order valence-electron chi connectivity index (χ0n) is 22.3.